The van der Waals surface area contributed by atoms with E-state index in [9.17, 15) is 22.8 Å². The molecule has 1 saturated carbocycles. The summed E-state index contributed by atoms with van der Waals surface area (Å²) in [4.78, 5) is 38.5. The first kappa shape index (κ1) is 30.5. The molecule has 0 spiro atoms. The minimum atomic E-state index is -4.36. The number of hydrogen-bond donors (Lipinski definition) is 1. The normalized spacial score (nSPS) is 21.2. The van der Waals surface area contributed by atoms with Crippen LogP contribution in [0.1, 0.15) is 51.4 Å². The SMILES string of the molecule is O=C(Cn1cc(Nc2nc3c(N4CC5=CCC(C4)N5C(=O)CCC(F)(F)F)cccn3n2)cn1)N1CCN(C2CCCCC2)CC1. The van der Waals surface area contributed by atoms with Gasteiger partial charge < -0.3 is 20.0 Å². The first-order valence-electron chi connectivity index (χ1n) is 16.2. The predicted octanol–water partition coefficient (Wildman–Crippen LogP) is 3.79. The van der Waals surface area contributed by atoms with Crippen molar-refractivity contribution in [3.05, 3.63) is 42.5 Å². The second-order valence-corrected chi connectivity index (χ2v) is 12.7. The number of hydrogen-bond acceptors (Lipinski definition) is 8. The molecule has 1 atom stereocenters. The highest BCUT2D eigenvalue weighted by atomic mass is 19.4. The maximum absolute atomic E-state index is 13.0. The van der Waals surface area contributed by atoms with Crippen molar-refractivity contribution in [1.29, 1.82) is 0 Å². The molecular weight excluding hydrogens is 601 g/mol. The van der Waals surface area contributed by atoms with Gasteiger partial charge in [0.05, 0.1) is 36.6 Å². The van der Waals surface area contributed by atoms with Gasteiger partial charge in [0, 0.05) is 63.3 Å². The Hall–Kier alpha value is -4.14. The molecule has 46 heavy (non-hydrogen) atoms. The summed E-state index contributed by atoms with van der Waals surface area (Å²) in [5.41, 5.74) is 2.79. The van der Waals surface area contributed by atoms with Crippen LogP contribution < -0.4 is 10.2 Å². The van der Waals surface area contributed by atoms with Gasteiger partial charge in [0.2, 0.25) is 17.8 Å². The third kappa shape index (κ3) is 6.55. The molecule has 246 valence electrons. The molecule has 4 aliphatic rings. The van der Waals surface area contributed by atoms with Gasteiger partial charge in [0.1, 0.15) is 6.54 Å². The molecule has 0 radical (unpaired) electrons. The van der Waals surface area contributed by atoms with E-state index in [1.165, 1.54) is 32.1 Å². The zero-order valence-electron chi connectivity index (χ0n) is 25.7. The molecular formula is C31H39F3N10O2. The number of carbonyl (C=O) groups excluding carboxylic acids is 2. The van der Waals surface area contributed by atoms with Crippen LogP contribution in [0.15, 0.2) is 42.5 Å². The monoisotopic (exact) mass is 640 g/mol. The smallest absolute Gasteiger partial charge is 0.361 e. The maximum atomic E-state index is 13.0. The lowest BCUT2D eigenvalue weighted by Crippen LogP contribution is -2.52. The van der Waals surface area contributed by atoms with E-state index < -0.39 is 24.9 Å². The molecule has 6 heterocycles. The van der Waals surface area contributed by atoms with Crippen molar-refractivity contribution in [2.45, 2.75) is 76.2 Å². The molecule has 2 bridgehead atoms. The minimum Gasteiger partial charge on any atom is -0.361 e. The van der Waals surface area contributed by atoms with Crippen LogP contribution in [0.25, 0.3) is 5.65 Å². The highest BCUT2D eigenvalue weighted by molar-refractivity contribution is 5.81. The summed E-state index contributed by atoms with van der Waals surface area (Å²) >= 11 is 0. The molecule has 7 rings (SSSR count). The summed E-state index contributed by atoms with van der Waals surface area (Å²) < 4.78 is 41.4. The molecule has 2 amide bonds. The van der Waals surface area contributed by atoms with Gasteiger partial charge in [-0.2, -0.15) is 23.3 Å². The fraction of sp³-hybridized carbons (Fsp3) is 0.581. The molecule has 3 aromatic rings. The molecule has 1 aliphatic carbocycles. The van der Waals surface area contributed by atoms with E-state index in [-0.39, 0.29) is 18.5 Å². The van der Waals surface area contributed by atoms with Crippen molar-refractivity contribution in [1.82, 2.24) is 39.1 Å². The number of aromatic nitrogens is 5. The fourth-order valence-electron chi connectivity index (χ4n) is 7.30. The van der Waals surface area contributed by atoms with Gasteiger partial charge in [0.15, 0.2) is 5.65 Å². The van der Waals surface area contributed by atoms with E-state index in [1.54, 1.807) is 32.7 Å². The fourth-order valence-corrected chi connectivity index (χ4v) is 7.30. The second-order valence-electron chi connectivity index (χ2n) is 12.7. The number of pyridine rings is 1. The predicted molar refractivity (Wildman–Crippen MR) is 164 cm³/mol. The summed E-state index contributed by atoms with van der Waals surface area (Å²) in [6.45, 7) is 4.38. The summed E-state index contributed by atoms with van der Waals surface area (Å²) in [6.07, 6.45) is 8.21. The Morgan fingerprint density at radius 3 is 2.59 bits per heavy atom. The Morgan fingerprint density at radius 1 is 1.02 bits per heavy atom. The zero-order chi connectivity index (χ0) is 31.8. The van der Waals surface area contributed by atoms with Crippen LogP contribution in [-0.2, 0) is 16.1 Å². The largest absolute Gasteiger partial charge is 0.389 e. The topological polar surface area (TPSA) is 107 Å². The number of nitrogens with zero attached hydrogens (tertiary/aromatic N) is 9. The number of carbonyl (C=O) groups is 2. The average molecular weight is 641 g/mol. The van der Waals surface area contributed by atoms with Crippen LogP contribution >= 0.6 is 0 Å². The third-order valence-electron chi connectivity index (χ3n) is 9.60. The number of piperazine rings is 2. The summed E-state index contributed by atoms with van der Waals surface area (Å²) in [7, 11) is 0. The number of amides is 2. The number of anilines is 3. The van der Waals surface area contributed by atoms with Crippen LogP contribution in [-0.4, -0.2) is 108 Å². The molecule has 2 saturated heterocycles. The van der Waals surface area contributed by atoms with E-state index >= 15 is 0 Å². The van der Waals surface area contributed by atoms with Gasteiger partial charge in [-0.1, -0.05) is 25.3 Å². The standard InChI is InChI=1S/C31H39F3N10O2/c32-31(33,34)11-10-27(45)44-24-8-9-25(44)20-41(19-24)26-7-4-12-43-29(26)37-30(38-43)36-22-17-35-42(18-22)21-28(46)40-15-13-39(14-16-40)23-5-2-1-3-6-23/h4,7-8,12,17-18,23,25H,1-3,5-6,9-11,13-16,19-21H2,(H,36,38). The van der Waals surface area contributed by atoms with Crippen LogP contribution in [0.4, 0.5) is 30.5 Å². The van der Waals surface area contributed by atoms with Crippen molar-refractivity contribution in [2.24, 2.45) is 0 Å². The van der Waals surface area contributed by atoms with Crippen molar-refractivity contribution < 1.29 is 22.8 Å². The second kappa shape index (κ2) is 12.6. The molecule has 0 aromatic carbocycles. The quantitative estimate of drug-likeness (QED) is 0.397. The van der Waals surface area contributed by atoms with E-state index in [0.717, 1.165) is 37.6 Å². The Balaban J connectivity index is 0.956. The maximum Gasteiger partial charge on any atom is 0.389 e. The molecule has 1 unspecified atom stereocenters. The van der Waals surface area contributed by atoms with E-state index in [2.05, 4.69) is 25.3 Å². The zero-order valence-corrected chi connectivity index (χ0v) is 25.7. The van der Waals surface area contributed by atoms with Crippen LogP contribution in [0, 0.1) is 0 Å². The summed E-state index contributed by atoms with van der Waals surface area (Å²) in [6, 6.07) is 4.23. The lowest BCUT2D eigenvalue weighted by atomic mass is 9.94. The Kier molecular flexibility index (Phi) is 8.34. The highest BCUT2D eigenvalue weighted by Crippen LogP contribution is 2.34. The number of halogens is 3. The van der Waals surface area contributed by atoms with Crippen molar-refractivity contribution in [3.8, 4) is 0 Å². The van der Waals surface area contributed by atoms with Crippen LogP contribution in [0.5, 0.6) is 0 Å². The van der Waals surface area contributed by atoms with Gasteiger partial charge >= 0.3 is 6.18 Å². The van der Waals surface area contributed by atoms with E-state index in [1.807, 2.05) is 23.1 Å². The van der Waals surface area contributed by atoms with Gasteiger partial charge in [-0.05, 0) is 31.4 Å². The van der Waals surface area contributed by atoms with Crippen molar-refractivity contribution >= 4 is 34.8 Å². The molecule has 1 N–H and O–H groups in total. The Bertz CT molecular complexity index is 1600. The van der Waals surface area contributed by atoms with Gasteiger partial charge in [-0.15, -0.1) is 5.10 Å². The lowest BCUT2D eigenvalue weighted by molar-refractivity contribution is -0.149. The number of rotatable bonds is 8. The van der Waals surface area contributed by atoms with Gasteiger partial charge in [-0.25, -0.2) is 4.52 Å². The van der Waals surface area contributed by atoms with Crippen LogP contribution in [0.2, 0.25) is 0 Å². The van der Waals surface area contributed by atoms with Crippen LogP contribution in [0.3, 0.4) is 0 Å². The molecule has 3 aromatic heterocycles. The summed E-state index contributed by atoms with van der Waals surface area (Å²) in [5, 5.41) is 12.1. The number of alkyl halides is 3. The Morgan fingerprint density at radius 2 is 1.83 bits per heavy atom. The average Bonchev–Trinajstić information content (AvgIpc) is 3.75. The first-order chi connectivity index (χ1) is 22.2. The molecule has 15 heteroatoms. The van der Waals surface area contributed by atoms with Crippen molar-refractivity contribution in [3.63, 3.8) is 0 Å². The number of nitrogens with one attached hydrogen (secondary N) is 1. The molecule has 3 aliphatic heterocycles. The highest BCUT2D eigenvalue weighted by Gasteiger charge is 2.39. The first-order valence-corrected chi connectivity index (χ1v) is 16.2. The van der Waals surface area contributed by atoms with E-state index in [0.29, 0.717) is 42.8 Å². The van der Waals surface area contributed by atoms with Gasteiger partial charge in [0.25, 0.3) is 0 Å². The molecule has 12 nitrogen and oxygen atoms in total. The molecule has 3 fully saturated rings. The lowest BCUT2D eigenvalue weighted by Gasteiger charge is -2.40. The van der Waals surface area contributed by atoms with Crippen molar-refractivity contribution in [2.75, 3.05) is 49.5 Å². The number of fused-ring (bicyclic) bond motifs is 3. The third-order valence-corrected chi connectivity index (χ3v) is 9.60. The van der Waals surface area contributed by atoms with Gasteiger partial charge in [-0.3, -0.25) is 19.2 Å². The minimum absolute atomic E-state index is 0.0553. The summed E-state index contributed by atoms with van der Waals surface area (Å²) in [5.74, 6) is -0.0719. The Labute approximate surface area is 264 Å². The van der Waals surface area contributed by atoms with E-state index in [4.69, 9.17) is 4.98 Å².